The van der Waals surface area contributed by atoms with Crippen molar-refractivity contribution in [2.75, 3.05) is 0 Å². The molecule has 1 N–H and O–H groups in total. The molecule has 1 aliphatic rings. The first-order chi connectivity index (χ1) is 10.1. The monoisotopic (exact) mass is 355 g/mol. The summed E-state index contributed by atoms with van der Waals surface area (Å²) in [4.78, 5) is 0. The van der Waals surface area contributed by atoms with Gasteiger partial charge >= 0.3 is 0 Å². The van der Waals surface area contributed by atoms with Gasteiger partial charge in [0.25, 0.3) is 0 Å². The molecular weight excluding hydrogens is 343 g/mol. The van der Waals surface area contributed by atoms with Gasteiger partial charge in [-0.05, 0) is 58.6 Å². The van der Waals surface area contributed by atoms with Crippen LogP contribution in [0.5, 0.6) is 0 Å². The Kier molecular flexibility index (Phi) is 4.04. The fraction of sp³-hybridized carbons (Fsp3) is 0.250. The van der Waals surface area contributed by atoms with Crippen LogP contribution in [-0.2, 0) is 6.54 Å². The number of halogens is 4. The van der Waals surface area contributed by atoms with E-state index in [0.717, 1.165) is 12.8 Å². The predicted octanol–water partition coefficient (Wildman–Crippen LogP) is 4.79. The molecule has 0 unspecified atom stereocenters. The zero-order valence-electron chi connectivity index (χ0n) is 11.1. The summed E-state index contributed by atoms with van der Waals surface area (Å²) in [6.45, 7) is 0.363. The smallest absolute Gasteiger partial charge is 0.148 e. The van der Waals surface area contributed by atoms with E-state index in [-0.39, 0.29) is 15.9 Å². The number of nitrogens with one attached hydrogen (secondary N) is 1. The molecule has 1 nitrogen and oxygen atoms in total. The Hall–Kier alpha value is -1.33. The fourth-order valence-electron chi connectivity index (χ4n) is 2.20. The van der Waals surface area contributed by atoms with Gasteiger partial charge in [-0.2, -0.15) is 0 Å². The second-order valence-corrected chi connectivity index (χ2v) is 6.03. The van der Waals surface area contributed by atoms with Crippen molar-refractivity contribution in [2.24, 2.45) is 0 Å². The minimum absolute atomic E-state index is 0.142. The molecule has 0 bridgehead atoms. The third kappa shape index (κ3) is 3.14. The first-order valence-corrected chi connectivity index (χ1v) is 7.51. The second-order valence-electron chi connectivity index (χ2n) is 5.18. The van der Waals surface area contributed by atoms with Crippen LogP contribution in [0.4, 0.5) is 13.2 Å². The Balaban J connectivity index is 1.98. The third-order valence-electron chi connectivity index (χ3n) is 3.54. The van der Waals surface area contributed by atoms with E-state index in [2.05, 4.69) is 21.2 Å². The lowest BCUT2D eigenvalue weighted by Crippen LogP contribution is -2.16. The van der Waals surface area contributed by atoms with Crippen molar-refractivity contribution in [3.8, 4) is 11.1 Å². The largest absolute Gasteiger partial charge is 0.310 e. The molecule has 0 heterocycles. The van der Waals surface area contributed by atoms with Crippen molar-refractivity contribution in [3.63, 3.8) is 0 Å². The van der Waals surface area contributed by atoms with Crippen molar-refractivity contribution in [1.82, 2.24) is 5.32 Å². The molecule has 5 heteroatoms. The maximum atomic E-state index is 14.1. The standard InChI is InChI=1S/C16H13BrF3N/c17-12-4-6-14(19)15(16(12)20)9-1-5-13(18)10(7-9)8-21-11-2-3-11/h1,4-7,11,21H,2-3,8H2. The summed E-state index contributed by atoms with van der Waals surface area (Å²) in [5.41, 5.74) is 0.607. The highest BCUT2D eigenvalue weighted by atomic mass is 79.9. The van der Waals surface area contributed by atoms with Gasteiger partial charge in [0.15, 0.2) is 0 Å². The van der Waals surface area contributed by atoms with Crippen LogP contribution in [0.1, 0.15) is 18.4 Å². The van der Waals surface area contributed by atoms with Crippen LogP contribution in [0.2, 0.25) is 0 Å². The van der Waals surface area contributed by atoms with Gasteiger partial charge in [0.05, 0.1) is 10.0 Å². The van der Waals surface area contributed by atoms with Gasteiger partial charge in [-0.15, -0.1) is 0 Å². The molecule has 0 spiro atoms. The first kappa shape index (κ1) is 14.6. The highest BCUT2D eigenvalue weighted by molar-refractivity contribution is 9.10. The van der Waals surface area contributed by atoms with Crippen LogP contribution in [0.25, 0.3) is 11.1 Å². The molecule has 21 heavy (non-hydrogen) atoms. The Morgan fingerprint density at radius 3 is 2.48 bits per heavy atom. The van der Waals surface area contributed by atoms with Gasteiger partial charge in [0, 0.05) is 18.2 Å². The van der Waals surface area contributed by atoms with Crippen molar-refractivity contribution in [2.45, 2.75) is 25.4 Å². The topological polar surface area (TPSA) is 12.0 Å². The van der Waals surface area contributed by atoms with Crippen molar-refractivity contribution in [3.05, 3.63) is 57.8 Å². The maximum Gasteiger partial charge on any atom is 0.148 e. The van der Waals surface area contributed by atoms with E-state index in [9.17, 15) is 13.2 Å². The summed E-state index contributed by atoms with van der Waals surface area (Å²) >= 11 is 3.04. The van der Waals surface area contributed by atoms with E-state index in [0.29, 0.717) is 23.7 Å². The quantitative estimate of drug-likeness (QED) is 0.777. The molecule has 0 amide bonds. The van der Waals surface area contributed by atoms with Crippen molar-refractivity contribution >= 4 is 15.9 Å². The predicted molar refractivity (Wildman–Crippen MR) is 79.3 cm³/mol. The fourth-order valence-corrected chi connectivity index (χ4v) is 2.53. The summed E-state index contributed by atoms with van der Waals surface area (Å²) in [5.74, 6) is -1.71. The SMILES string of the molecule is Fc1ccc(-c2c(F)ccc(Br)c2F)cc1CNC1CC1. The lowest BCUT2D eigenvalue weighted by Gasteiger charge is -2.10. The van der Waals surface area contributed by atoms with Crippen LogP contribution < -0.4 is 5.32 Å². The van der Waals surface area contributed by atoms with Gasteiger partial charge < -0.3 is 5.32 Å². The van der Waals surface area contributed by atoms with E-state index < -0.39 is 11.6 Å². The lowest BCUT2D eigenvalue weighted by molar-refractivity contribution is 0.580. The van der Waals surface area contributed by atoms with Gasteiger partial charge in [-0.25, -0.2) is 13.2 Å². The van der Waals surface area contributed by atoms with E-state index >= 15 is 0 Å². The molecule has 2 aromatic rings. The van der Waals surface area contributed by atoms with E-state index in [1.165, 1.54) is 30.3 Å². The molecule has 0 aliphatic heterocycles. The van der Waals surface area contributed by atoms with Crippen LogP contribution in [0, 0.1) is 17.5 Å². The van der Waals surface area contributed by atoms with Crippen molar-refractivity contribution < 1.29 is 13.2 Å². The Morgan fingerprint density at radius 2 is 1.76 bits per heavy atom. The van der Waals surface area contributed by atoms with Crippen LogP contribution in [0.3, 0.4) is 0 Å². The van der Waals surface area contributed by atoms with E-state index in [4.69, 9.17) is 0 Å². The number of hydrogen-bond acceptors (Lipinski definition) is 1. The Labute approximate surface area is 129 Å². The Bertz CT molecular complexity index is 683. The summed E-state index contributed by atoms with van der Waals surface area (Å²) in [7, 11) is 0. The lowest BCUT2D eigenvalue weighted by atomic mass is 10.0. The van der Waals surface area contributed by atoms with E-state index in [1.807, 2.05) is 0 Å². The number of rotatable bonds is 4. The molecule has 2 aromatic carbocycles. The summed E-state index contributed by atoms with van der Waals surface area (Å²) in [6, 6.07) is 7.08. The summed E-state index contributed by atoms with van der Waals surface area (Å²) in [5, 5.41) is 3.20. The molecule has 0 radical (unpaired) electrons. The summed E-state index contributed by atoms with van der Waals surface area (Å²) < 4.78 is 42.0. The molecule has 110 valence electrons. The molecule has 1 aliphatic carbocycles. The molecule has 0 aromatic heterocycles. The molecule has 3 rings (SSSR count). The van der Waals surface area contributed by atoms with Crippen molar-refractivity contribution in [1.29, 1.82) is 0 Å². The highest BCUT2D eigenvalue weighted by Gasteiger charge is 2.21. The molecule has 0 atom stereocenters. The molecular formula is C16H13BrF3N. The molecule has 1 saturated carbocycles. The maximum absolute atomic E-state index is 14.1. The average Bonchev–Trinajstić information content (AvgIpc) is 3.28. The zero-order chi connectivity index (χ0) is 15.0. The normalized spacial score (nSPS) is 14.5. The molecule has 0 saturated heterocycles. The van der Waals surface area contributed by atoms with E-state index in [1.54, 1.807) is 0 Å². The summed E-state index contributed by atoms with van der Waals surface area (Å²) in [6.07, 6.45) is 2.19. The third-order valence-corrected chi connectivity index (χ3v) is 4.15. The number of hydrogen-bond donors (Lipinski definition) is 1. The molecule has 1 fully saturated rings. The Morgan fingerprint density at radius 1 is 1.05 bits per heavy atom. The highest BCUT2D eigenvalue weighted by Crippen LogP contribution is 2.31. The van der Waals surface area contributed by atoms with Gasteiger partial charge in [-0.3, -0.25) is 0 Å². The van der Waals surface area contributed by atoms with Crippen LogP contribution >= 0.6 is 15.9 Å². The van der Waals surface area contributed by atoms with Gasteiger partial charge in [0.1, 0.15) is 17.5 Å². The number of benzene rings is 2. The second kappa shape index (κ2) is 5.81. The zero-order valence-corrected chi connectivity index (χ0v) is 12.7. The minimum atomic E-state index is -0.678. The van der Waals surface area contributed by atoms with Crippen LogP contribution in [-0.4, -0.2) is 6.04 Å². The first-order valence-electron chi connectivity index (χ1n) is 6.72. The minimum Gasteiger partial charge on any atom is -0.310 e. The van der Waals surface area contributed by atoms with Crippen LogP contribution in [0.15, 0.2) is 34.8 Å². The average molecular weight is 356 g/mol. The van der Waals surface area contributed by atoms with Gasteiger partial charge in [0.2, 0.25) is 0 Å². The van der Waals surface area contributed by atoms with Gasteiger partial charge in [-0.1, -0.05) is 6.07 Å².